The summed E-state index contributed by atoms with van der Waals surface area (Å²) in [5.41, 5.74) is 0.598. The average Bonchev–Trinajstić information content (AvgIpc) is 2.80. The maximum Gasteiger partial charge on any atom is 0.148 e. The van der Waals surface area contributed by atoms with E-state index in [9.17, 15) is 5.11 Å². The topological polar surface area (TPSA) is 29.5 Å². The van der Waals surface area contributed by atoms with Crippen molar-refractivity contribution in [3.8, 4) is 0 Å². The van der Waals surface area contributed by atoms with E-state index in [0.717, 1.165) is 17.8 Å². The second kappa shape index (κ2) is 6.57. The first-order chi connectivity index (χ1) is 9.45. The fourth-order valence-electron chi connectivity index (χ4n) is 2.92. The van der Waals surface area contributed by atoms with Gasteiger partial charge in [0, 0.05) is 10.8 Å². The minimum absolute atomic E-state index is 0.135. The molecule has 20 heavy (non-hydrogen) atoms. The van der Waals surface area contributed by atoms with Gasteiger partial charge in [-0.05, 0) is 38.3 Å². The molecule has 1 N–H and O–H groups in total. The Balaban J connectivity index is 1.86. The lowest BCUT2D eigenvalue weighted by Crippen LogP contribution is -2.33. The molecule has 1 aliphatic heterocycles. The monoisotopic (exact) mass is 296 g/mol. The first kappa shape index (κ1) is 16.0. The molecule has 0 bridgehead atoms. The molecule has 0 saturated heterocycles. The van der Waals surface area contributed by atoms with Crippen LogP contribution >= 0.6 is 11.8 Å². The zero-order valence-corrected chi connectivity index (χ0v) is 14.1. The normalized spacial score (nSPS) is 33.0. The highest BCUT2D eigenvalue weighted by atomic mass is 32.2. The summed E-state index contributed by atoms with van der Waals surface area (Å²) in [5, 5.41) is 10.4. The molecular weight excluding hydrogens is 268 g/mol. The number of thioether (sulfide) groups is 1. The summed E-state index contributed by atoms with van der Waals surface area (Å²) >= 11 is 1.83. The molecule has 0 radical (unpaired) electrons. The first-order valence-electron chi connectivity index (χ1n) is 7.95. The van der Waals surface area contributed by atoms with Crippen molar-refractivity contribution in [3.63, 3.8) is 0 Å². The highest BCUT2D eigenvalue weighted by Gasteiger charge is 2.41. The van der Waals surface area contributed by atoms with Crippen molar-refractivity contribution in [3.05, 3.63) is 22.3 Å². The third-order valence-electron chi connectivity index (χ3n) is 4.41. The van der Waals surface area contributed by atoms with Crippen LogP contribution in [0.5, 0.6) is 0 Å². The number of hydrogen-bond donors (Lipinski definition) is 1. The zero-order valence-electron chi connectivity index (χ0n) is 13.2. The van der Waals surface area contributed by atoms with Gasteiger partial charge in [0.1, 0.15) is 11.2 Å². The van der Waals surface area contributed by atoms with Crippen LogP contribution in [0.3, 0.4) is 0 Å². The molecule has 2 aliphatic rings. The van der Waals surface area contributed by atoms with Crippen molar-refractivity contribution in [2.45, 2.75) is 77.3 Å². The van der Waals surface area contributed by atoms with Crippen LogP contribution < -0.4 is 0 Å². The number of unbranched alkanes of at least 4 members (excludes halogenated alkanes) is 4. The molecule has 0 saturated carbocycles. The predicted molar refractivity (Wildman–Crippen MR) is 86.4 cm³/mol. The molecular formula is C17H28O2S. The molecule has 0 spiro atoms. The second-order valence-corrected chi connectivity index (χ2v) is 7.54. The summed E-state index contributed by atoms with van der Waals surface area (Å²) in [6, 6.07) is 0. The molecule has 0 fully saturated rings. The Morgan fingerprint density at radius 2 is 2.00 bits per heavy atom. The van der Waals surface area contributed by atoms with Gasteiger partial charge in [-0.25, -0.2) is 0 Å². The summed E-state index contributed by atoms with van der Waals surface area (Å²) < 4.78 is 6.11. The summed E-state index contributed by atoms with van der Waals surface area (Å²) in [6.45, 7) is 8.28. The highest BCUT2D eigenvalue weighted by Crippen LogP contribution is 2.50. The Morgan fingerprint density at radius 3 is 2.70 bits per heavy atom. The fraction of sp³-hybridized carbons (Fsp3) is 0.765. The molecule has 3 unspecified atom stereocenters. The lowest BCUT2D eigenvalue weighted by molar-refractivity contribution is 0.0659. The Morgan fingerprint density at radius 1 is 1.30 bits per heavy atom. The number of allylic oxidation sites excluding steroid dienone is 1. The maximum atomic E-state index is 10.4. The average molecular weight is 296 g/mol. The van der Waals surface area contributed by atoms with E-state index in [2.05, 4.69) is 13.8 Å². The number of ether oxygens (including phenoxy) is 1. The van der Waals surface area contributed by atoms with Crippen molar-refractivity contribution in [1.29, 1.82) is 0 Å². The molecule has 0 amide bonds. The van der Waals surface area contributed by atoms with Crippen molar-refractivity contribution < 1.29 is 9.84 Å². The maximum absolute atomic E-state index is 10.4. The molecule has 3 heteroatoms. The smallest absolute Gasteiger partial charge is 0.148 e. The van der Waals surface area contributed by atoms with Gasteiger partial charge in [0.2, 0.25) is 0 Å². The van der Waals surface area contributed by atoms with Crippen molar-refractivity contribution >= 4 is 11.8 Å². The lowest BCUT2D eigenvalue weighted by Gasteiger charge is -2.32. The van der Waals surface area contributed by atoms with E-state index in [-0.39, 0.29) is 11.4 Å². The summed E-state index contributed by atoms with van der Waals surface area (Å²) in [5.74, 6) is 1.17. The minimum Gasteiger partial charge on any atom is -0.478 e. The van der Waals surface area contributed by atoms with Crippen LogP contribution in [0.4, 0.5) is 0 Å². The van der Waals surface area contributed by atoms with Gasteiger partial charge in [0.05, 0.1) is 5.60 Å². The van der Waals surface area contributed by atoms with E-state index in [0.29, 0.717) is 0 Å². The van der Waals surface area contributed by atoms with Gasteiger partial charge in [0.15, 0.2) is 0 Å². The minimum atomic E-state index is -0.741. The molecule has 2 nitrogen and oxygen atoms in total. The van der Waals surface area contributed by atoms with Crippen LogP contribution in [0, 0.1) is 5.92 Å². The van der Waals surface area contributed by atoms with Gasteiger partial charge < -0.3 is 9.84 Å². The quantitative estimate of drug-likeness (QED) is 0.700. The fourth-order valence-corrected chi connectivity index (χ4v) is 4.39. The molecule has 0 aromatic rings. The number of rotatable bonds is 6. The van der Waals surface area contributed by atoms with E-state index in [1.165, 1.54) is 37.0 Å². The Kier molecular flexibility index (Phi) is 5.25. The van der Waals surface area contributed by atoms with E-state index in [4.69, 9.17) is 4.74 Å². The first-order valence-corrected chi connectivity index (χ1v) is 8.83. The Hall–Kier alpha value is -0.410. The van der Waals surface area contributed by atoms with Crippen LogP contribution in [0.25, 0.3) is 0 Å². The molecule has 0 aromatic carbocycles. The number of hydrogen-bond acceptors (Lipinski definition) is 3. The molecule has 0 aromatic heterocycles. The Bertz CT molecular complexity index is 409. The number of aliphatic hydroxyl groups is 1. The highest BCUT2D eigenvalue weighted by molar-refractivity contribution is 8.03. The van der Waals surface area contributed by atoms with Crippen LogP contribution in [0.2, 0.25) is 0 Å². The molecule has 1 aliphatic carbocycles. The predicted octanol–water partition coefficient (Wildman–Crippen LogP) is 5.00. The molecule has 114 valence electrons. The third-order valence-corrected chi connectivity index (χ3v) is 5.80. The molecule has 1 heterocycles. The van der Waals surface area contributed by atoms with Crippen LogP contribution in [0.1, 0.15) is 66.2 Å². The van der Waals surface area contributed by atoms with Gasteiger partial charge in [-0.3, -0.25) is 0 Å². The largest absolute Gasteiger partial charge is 0.478 e. The summed E-state index contributed by atoms with van der Waals surface area (Å²) in [7, 11) is 0. The molecule has 3 atom stereocenters. The van der Waals surface area contributed by atoms with Crippen molar-refractivity contribution in [2.75, 3.05) is 0 Å². The van der Waals surface area contributed by atoms with Gasteiger partial charge in [-0.2, -0.15) is 0 Å². The standard InChI is InChI=1S/C17H28O2S/c1-5-6-7-8-9-10-14-19-15-12(2)11-17(4,18)13(3)16(15)20-14/h11,13-14,18H,5-10H2,1-4H3. The van der Waals surface area contributed by atoms with E-state index in [1.807, 2.05) is 31.7 Å². The second-order valence-electron chi connectivity index (χ2n) is 6.34. The van der Waals surface area contributed by atoms with Crippen LogP contribution in [0.15, 0.2) is 22.3 Å². The third kappa shape index (κ3) is 3.43. The van der Waals surface area contributed by atoms with E-state index in [1.54, 1.807) is 0 Å². The van der Waals surface area contributed by atoms with Gasteiger partial charge in [0.25, 0.3) is 0 Å². The molecule has 2 rings (SSSR count). The van der Waals surface area contributed by atoms with Crippen LogP contribution in [-0.4, -0.2) is 16.1 Å². The van der Waals surface area contributed by atoms with E-state index < -0.39 is 5.60 Å². The van der Waals surface area contributed by atoms with E-state index >= 15 is 0 Å². The Labute approximate surface area is 127 Å². The summed E-state index contributed by atoms with van der Waals surface area (Å²) in [4.78, 5) is 1.24. The van der Waals surface area contributed by atoms with Crippen molar-refractivity contribution in [2.24, 2.45) is 5.92 Å². The van der Waals surface area contributed by atoms with Gasteiger partial charge in [-0.1, -0.05) is 51.3 Å². The zero-order chi connectivity index (χ0) is 14.8. The van der Waals surface area contributed by atoms with Gasteiger partial charge in [-0.15, -0.1) is 0 Å². The van der Waals surface area contributed by atoms with Crippen molar-refractivity contribution in [1.82, 2.24) is 0 Å². The van der Waals surface area contributed by atoms with Crippen LogP contribution in [-0.2, 0) is 4.74 Å². The SMILES string of the molecule is CCCCCCCC1OC2=C(S1)C(C)C(C)(O)C=C2C. The summed E-state index contributed by atoms with van der Waals surface area (Å²) in [6.07, 6.45) is 9.58. The van der Waals surface area contributed by atoms with Gasteiger partial charge >= 0.3 is 0 Å². The lowest BCUT2D eigenvalue weighted by atomic mass is 9.83.